The standard InChI is InChI=1S/C23H15FN2O3/c24-16-6-7-18-17(12-16)21(27)19-20(15-8-10-25-11-9-15)26(23(28)22(19)29-18)13-14-4-2-1-3-5-14/h1-12,20H,13H2/t20-/m1/s1. The lowest BCUT2D eigenvalue weighted by molar-refractivity contribution is 0.0714. The second kappa shape index (κ2) is 6.67. The van der Waals surface area contributed by atoms with Crippen LogP contribution in [0.4, 0.5) is 4.39 Å². The number of fused-ring (bicyclic) bond motifs is 2. The minimum atomic E-state index is -0.635. The minimum Gasteiger partial charge on any atom is -0.450 e. The molecule has 0 aliphatic carbocycles. The number of carbonyl (C=O) groups is 1. The number of amides is 1. The highest BCUT2D eigenvalue weighted by Crippen LogP contribution is 2.38. The van der Waals surface area contributed by atoms with E-state index in [2.05, 4.69) is 4.98 Å². The molecule has 2 aromatic carbocycles. The number of benzene rings is 2. The molecule has 29 heavy (non-hydrogen) atoms. The van der Waals surface area contributed by atoms with Gasteiger partial charge in [-0.3, -0.25) is 14.6 Å². The molecule has 1 amide bonds. The van der Waals surface area contributed by atoms with Crippen molar-refractivity contribution in [3.8, 4) is 0 Å². The van der Waals surface area contributed by atoms with E-state index in [1.807, 2.05) is 30.3 Å². The van der Waals surface area contributed by atoms with Crippen LogP contribution in [0.2, 0.25) is 0 Å². The van der Waals surface area contributed by atoms with Gasteiger partial charge in [-0.05, 0) is 41.5 Å². The van der Waals surface area contributed by atoms with Crippen molar-refractivity contribution in [2.45, 2.75) is 12.6 Å². The van der Waals surface area contributed by atoms with E-state index in [0.717, 1.165) is 17.2 Å². The van der Waals surface area contributed by atoms with Gasteiger partial charge in [0, 0.05) is 18.9 Å². The molecule has 0 spiro atoms. The van der Waals surface area contributed by atoms with Gasteiger partial charge in [-0.15, -0.1) is 0 Å². The fraction of sp³-hybridized carbons (Fsp3) is 0.0870. The molecule has 0 N–H and O–H groups in total. The van der Waals surface area contributed by atoms with Gasteiger partial charge in [0.05, 0.1) is 17.0 Å². The van der Waals surface area contributed by atoms with Crippen molar-refractivity contribution in [3.05, 3.63) is 112 Å². The molecule has 0 unspecified atom stereocenters. The van der Waals surface area contributed by atoms with Crippen molar-refractivity contribution in [2.24, 2.45) is 0 Å². The fourth-order valence-corrected chi connectivity index (χ4v) is 3.83. The Kier molecular flexibility index (Phi) is 3.98. The second-order valence-electron chi connectivity index (χ2n) is 6.92. The predicted molar refractivity (Wildman–Crippen MR) is 105 cm³/mol. The van der Waals surface area contributed by atoms with Gasteiger partial charge in [-0.25, -0.2) is 4.39 Å². The van der Waals surface area contributed by atoms with Gasteiger partial charge < -0.3 is 9.32 Å². The first kappa shape index (κ1) is 17.3. The maximum Gasteiger partial charge on any atom is 0.291 e. The van der Waals surface area contributed by atoms with Crippen LogP contribution in [0.3, 0.4) is 0 Å². The summed E-state index contributed by atoms with van der Waals surface area (Å²) in [7, 11) is 0. The van der Waals surface area contributed by atoms with Crippen LogP contribution in [-0.4, -0.2) is 15.8 Å². The quantitative estimate of drug-likeness (QED) is 0.532. The van der Waals surface area contributed by atoms with Crippen molar-refractivity contribution in [1.82, 2.24) is 9.88 Å². The first-order chi connectivity index (χ1) is 14.1. The van der Waals surface area contributed by atoms with E-state index in [-0.39, 0.29) is 28.2 Å². The largest absolute Gasteiger partial charge is 0.450 e. The first-order valence-electron chi connectivity index (χ1n) is 9.14. The van der Waals surface area contributed by atoms with E-state index in [9.17, 15) is 14.0 Å². The average Bonchev–Trinajstić information content (AvgIpc) is 3.02. The third-order valence-corrected chi connectivity index (χ3v) is 5.15. The molecular weight excluding hydrogens is 371 g/mol. The summed E-state index contributed by atoms with van der Waals surface area (Å²) < 4.78 is 19.6. The molecule has 1 aliphatic heterocycles. The molecule has 4 aromatic rings. The molecule has 5 rings (SSSR count). The summed E-state index contributed by atoms with van der Waals surface area (Å²) in [5.41, 5.74) is 1.70. The summed E-state index contributed by atoms with van der Waals surface area (Å²) in [6.07, 6.45) is 3.22. The molecule has 3 heterocycles. The zero-order valence-corrected chi connectivity index (χ0v) is 15.2. The number of nitrogens with zero attached hydrogens (tertiary/aromatic N) is 2. The number of carbonyl (C=O) groups excluding carboxylic acids is 1. The smallest absolute Gasteiger partial charge is 0.291 e. The molecule has 1 atom stereocenters. The normalized spacial score (nSPS) is 15.7. The summed E-state index contributed by atoms with van der Waals surface area (Å²) >= 11 is 0. The molecule has 1 aliphatic rings. The van der Waals surface area contributed by atoms with Crippen LogP contribution in [0.5, 0.6) is 0 Å². The number of hydrogen-bond acceptors (Lipinski definition) is 4. The molecule has 0 saturated carbocycles. The van der Waals surface area contributed by atoms with Crippen molar-refractivity contribution >= 4 is 16.9 Å². The number of rotatable bonds is 3. The molecule has 0 saturated heterocycles. The molecule has 5 nitrogen and oxygen atoms in total. The van der Waals surface area contributed by atoms with E-state index in [4.69, 9.17) is 4.42 Å². The Bertz CT molecular complexity index is 1290. The van der Waals surface area contributed by atoms with Gasteiger partial charge >= 0.3 is 0 Å². The van der Waals surface area contributed by atoms with Gasteiger partial charge in [0.15, 0.2) is 5.43 Å². The van der Waals surface area contributed by atoms with E-state index < -0.39 is 17.3 Å². The number of halogens is 1. The Balaban J connectivity index is 1.74. The Morgan fingerprint density at radius 2 is 1.76 bits per heavy atom. The van der Waals surface area contributed by atoms with Crippen molar-refractivity contribution in [1.29, 1.82) is 0 Å². The van der Waals surface area contributed by atoms with Crippen molar-refractivity contribution < 1.29 is 13.6 Å². The number of aromatic nitrogens is 1. The Morgan fingerprint density at radius 1 is 1.00 bits per heavy atom. The zero-order valence-electron chi connectivity index (χ0n) is 15.2. The Hall–Kier alpha value is -3.80. The highest BCUT2D eigenvalue weighted by molar-refractivity contribution is 5.99. The monoisotopic (exact) mass is 386 g/mol. The summed E-state index contributed by atoms with van der Waals surface area (Å²) in [4.78, 5) is 32.2. The summed E-state index contributed by atoms with van der Waals surface area (Å²) in [6.45, 7) is 0.307. The zero-order chi connectivity index (χ0) is 20.0. The summed E-state index contributed by atoms with van der Waals surface area (Å²) in [5, 5.41) is 0.122. The van der Waals surface area contributed by atoms with Gasteiger partial charge in [0.25, 0.3) is 5.91 Å². The predicted octanol–water partition coefficient (Wildman–Crippen LogP) is 4.07. The van der Waals surface area contributed by atoms with Gasteiger partial charge in [0.2, 0.25) is 5.76 Å². The van der Waals surface area contributed by atoms with Crippen LogP contribution >= 0.6 is 0 Å². The van der Waals surface area contributed by atoms with E-state index in [1.165, 1.54) is 12.1 Å². The van der Waals surface area contributed by atoms with Gasteiger partial charge in [0.1, 0.15) is 11.4 Å². The third kappa shape index (κ3) is 2.81. The second-order valence-corrected chi connectivity index (χ2v) is 6.92. The van der Waals surface area contributed by atoms with Crippen LogP contribution in [-0.2, 0) is 6.54 Å². The van der Waals surface area contributed by atoms with Crippen LogP contribution in [0.1, 0.15) is 33.3 Å². The van der Waals surface area contributed by atoms with Crippen LogP contribution in [0.25, 0.3) is 11.0 Å². The third-order valence-electron chi connectivity index (χ3n) is 5.15. The van der Waals surface area contributed by atoms with Crippen molar-refractivity contribution in [2.75, 3.05) is 0 Å². The molecule has 0 radical (unpaired) electrons. The number of pyridine rings is 1. The molecule has 0 fully saturated rings. The lowest BCUT2D eigenvalue weighted by Gasteiger charge is -2.25. The SMILES string of the molecule is O=C1c2oc3ccc(F)cc3c(=O)c2[C@@H](c2ccncc2)N1Cc1ccccc1. The molecule has 142 valence electrons. The Morgan fingerprint density at radius 3 is 2.52 bits per heavy atom. The average molecular weight is 386 g/mol. The van der Waals surface area contributed by atoms with E-state index in [1.54, 1.807) is 29.4 Å². The lowest BCUT2D eigenvalue weighted by atomic mass is 9.99. The maximum atomic E-state index is 13.8. The van der Waals surface area contributed by atoms with Crippen molar-refractivity contribution in [3.63, 3.8) is 0 Å². The minimum absolute atomic E-state index is 0.00634. The Labute approximate surface area is 165 Å². The lowest BCUT2D eigenvalue weighted by Crippen LogP contribution is -2.29. The van der Waals surface area contributed by atoms with E-state index in [0.29, 0.717) is 6.54 Å². The maximum absolute atomic E-state index is 13.8. The fourth-order valence-electron chi connectivity index (χ4n) is 3.83. The topological polar surface area (TPSA) is 63.4 Å². The highest BCUT2D eigenvalue weighted by atomic mass is 19.1. The first-order valence-corrected chi connectivity index (χ1v) is 9.14. The van der Waals surface area contributed by atoms with Gasteiger partial charge in [-0.1, -0.05) is 30.3 Å². The summed E-state index contributed by atoms with van der Waals surface area (Å²) in [5.74, 6) is -0.892. The molecule has 0 bridgehead atoms. The highest BCUT2D eigenvalue weighted by Gasteiger charge is 2.42. The van der Waals surface area contributed by atoms with Crippen LogP contribution in [0.15, 0.2) is 82.3 Å². The van der Waals surface area contributed by atoms with Crippen LogP contribution < -0.4 is 5.43 Å². The molecular formula is C23H15FN2O3. The number of hydrogen-bond donors (Lipinski definition) is 0. The summed E-state index contributed by atoms with van der Waals surface area (Å²) in [6, 6.07) is 16.1. The molecule has 6 heteroatoms. The van der Waals surface area contributed by atoms with Gasteiger partial charge in [-0.2, -0.15) is 0 Å². The molecule has 2 aromatic heterocycles. The van der Waals surface area contributed by atoms with E-state index >= 15 is 0 Å². The van der Waals surface area contributed by atoms with Crippen LogP contribution in [0, 0.1) is 5.82 Å².